The van der Waals surface area contributed by atoms with Gasteiger partial charge in [0.1, 0.15) is 12.3 Å². The summed E-state index contributed by atoms with van der Waals surface area (Å²) >= 11 is 0. The molecule has 10 heteroatoms. The fourth-order valence-corrected chi connectivity index (χ4v) is 4.28. The maximum Gasteiger partial charge on any atom is 0.490 e. The maximum absolute atomic E-state index is 10.6. The average molecular weight is 483 g/mol. The van der Waals surface area contributed by atoms with Gasteiger partial charge in [-0.3, -0.25) is 4.68 Å². The number of hydrogen-bond acceptors (Lipinski definition) is 5. The Hall–Kier alpha value is -3.04. The molecular formula is C24H33F3N4O3. The van der Waals surface area contributed by atoms with Gasteiger partial charge in [0, 0.05) is 24.8 Å². The van der Waals surface area contributed by atoms with Gasteiger partial charge in [0.05, 0.1) is 5.69 Å². The number of benzene rings is 1. The van der Waals surface area contributed by atoms with Crippen molar-refractivity contribution in [3.05, 3.63) is 40.1 Å². The lowest BCUT2D eigenvalue weighted by molar-refractivity contribution is -0.192. The van der Waals surface area contributed by atoms with Gasteiger partial charge in [0.2, 0.25) is 0 Å². The number of rotatable bonds is 6. The van der Waals surface area contributed by atoms with Crippen LogP contribution in [-0.2, 0) is 23.1 Å². The van der Waals surface area contributed by atoms with E-state index in [9.17, 15) is 13.2 Å². The highest BCUT2D eigenvalue weighted by Crippen LogP contribution is 2.38. The molecular weight excluding hydrogens is 449 g/mol. The molecule has 1 N–H and O–H groups in total. The summed E-state index contributed by atoms with van der Waals surface area (Å²) in [7, 11) is 2.03. The van der Waals surface area contributed by atoms with Crippen LogP contribution < -0.4 is 4.90 Å². The summed E-state index contributed by atoms with van der Waals surface area (Å²) in [5.41, 5.74) is 8.66. The van der Waals surface area contributed by atoms with Crippen molar-refractivity contribution < 1.29 is 27.9 Å². The summed E-state index contributed by atoms with van der Waals surface area (Å²) in [5.74, 6) is -1.68. The fourth-order valence-electron chi connectivity index (χ4n) is 4.28. The van der Waals surface area contributed by atoms with Gasteiger partial charge in [-0.1, -0.05) is 36.2 Å². The van der Waals surface area contributed by atoms with Gasteiger partial charge in [-0.25, -0.2) is 4.79 Å². The number of oxime groups is 1. The van der Waals surface area contributed by atoms with E-state index in [1.807, 2.05) is 18.7 Å². The second kappa shape index (κ2) is 11.4. The second-order valence-corrected chi connectivity index (χ2v) is 8.29. The molecule has 1 aromatic carbocycles. The molecule has 0 radical (unpaired) electrons. The van der Waals surface area contributed by atoms with Gasteiger partial charge >= 0.3 is 12.1 Å². The standard InChI is InChI=1S/C22H32N4O.C2HF3O2/c1-7-10-19(24-27-8-2)21-18-11-9-12-26(22(18)23-25(21)6)20-16(4)13-15(3)14-17(20)5;3-2(4,5)1(6)7/h13-14H,7-12H2,1-6H3;(H,6,7)/b24-19-;. The highest BCUT2D eigenvalue weighted by molar-refractivity contribution is 6.01. The van der Waals surface area contributed by atoms with E-state index >= 15 is 0 Å². The van der Waals surface area contributed by atoms with Crippen molar-refractivity contribution in [2.75, 3.05) is 18.1 Å². The topological polar surface area (TPSA) is 80.0 Å². The van der Waals surface area contributed by atoms with E-state index in [1.165, 1.54) is 27.9 Å². The number of carboxylic acid groups (broad SMARTS) is 1. The van der Waals surface area contributed by atoms with Crippen LogP contribution in [0.1, 0.15) is 61.1 Å². The first-order valence-corrected chi connectivity index (χ1v) is 11.3. The molecule has 1 aliphatic rings. The van der Waals surface area contributed by atoms with Crippen LogP contribution in [0.4, 0.5) is 24.7 Å². The molecule has 0 atom stereocenters. The van der Waals surface area contributed by atoms with E-state index in [0.717, 1.165) is 49.5 Å². The maximum atomic E-state index is 10.6. The Bertz CT molecular complexity index is 1020. The van der Waals surface area contributed by atoms with Crippen LogP contribution in [0.2, 0.25) is 0 Å². The van der Waals surface area contributed by atoms with E-state index in [-0.39, 0.29) is 0 Å². The van der Waals surface area contributed by atoms with Crippen molar-refractivity contribution in [1.82, 2.24) is 9.78 Å². The molecule has 1 aromatic heterocycles. The van der Waals surface area contributed by atoms with Crippen molar-refractivity contribution in [1.29, 1.82) is 0 Å². The first-order valence-electron chi connectivity index (χ1n) is 11.3. The summed E-state index contributed by atoms with van der Waals surface area (Å²) in [6, 6.07) is 4.53. The van der Waals surface area contributed by atoms with Crippen molar-refractivity contribution in [2.24, 2.45) is 12.2 Å². The van der Waals surface area contributed by atoms with E-state index in [1.54, 1.807) is 0 Å². The lowest BCUT2D eigenvalue weighted by Crippen LogP contribution is -2.26. The monoisotopic (exact) mass is 482 g/mol. The Morgan fingerprint density at radius 2 is 1.79 bits per heavy atom. The van der Waals surface area contributed by atoms with Crippen LogP contribution in [0.25, 0.3) is 0 Å². The Balaban J connectivity index is 0.000000509. The van der Waals surface area contributed by atoms with E-state index in [2.05, 4.69) is 49.9 Å². The molecule has 7 nitrogen and oxygen atoms in total. The van der Waals surface area contributed by atoms with Crippen LogP contribution in [0.3, 0.4) is 0 Å². The molecule has 188 valence electrons. The van der Waals surface area contributed by atoms with Crippen molar-refractivity contribution in [3.8, 4) is 0 Å². The molecule has 0 amide bonds. The molecule has 2 aromatic rings. The zero-order valence-electron chi connectivity index (χ0n) is 20.6. The Morgan fingerprint density at radius 3 is 2.29 bits per heavy atom. The van der Waals surface area contributed by atoms with Crippen molar-refractivity contribution >= 4 is 23.2 Å². The highest BCUT2D eigenvalue weighted by Gasteiger charge is 2.38. The minimum atomic E-state index is -5.08. The molecule has 1 aliphatic heterocycles. The third-order valence-electron chi connectivity index (χ3n) is 5.40. The largest absolute Gasteiger partial charge is 0.490 e. The first-order chi connectivity index (χ1) is 15.9. The third kappa shape index (κ3) is 6.30. The zero-order valence-corrected chi connectivity index (χ0v) is 20.6. The number of carbonyl (C=O) groups is 1. The minimum Gasteiger partial charge on any atom is -0.475 e. The predicted octanol–water partition coefficient (Wildman–Crippen LogP) is 5.60. The smallest absolute Gasteiger partial charge is 0.475 e. The summed E-state index contributed by atoms with van der Waals surface area (Å²) in [6.45, 7) is 12.3. The highest BCUT2D eigenvalue weighted by atomic mass is 19.4. The van der Waals surface area contributed by atoms with Gasteiger partial charge in [-0.05, 0) is 58.1 Å². The van der Waals surface area contributed by atoms with Gasteiger partial charge in [0.15, 0.2) is 5.82 Å². The van der Waals surface area contributed by atoms with Gasteiger partial charge in [-0.2, -0.15) is 18.3 Å². The summed E-state index contributed by atoms with van der Waals surface area (Å²) in [5, 5.41) is 16.5. The molecule has 0 fully saturated rings. The Morgan fingerprint density at radius 1 is 1.21 bits per heavy atom. The molecule has 0 saturated carbocycles. The van der Waals surface area contributed by atoms with Crippen molar-refractivity contribution in [2.45, 2.75) is 66.5 Å². The molecule has 0 saturated heterocycles. The van der Waals surface area contributed by atoms with E-state index in [0.29, 0.717) is 6.61 Å². The quantitative estimate of drug-likeness (QED) is 0.428. The summed E-state index contributed by atoms with van der Waals surface area (Å²) < 4.78 is 33.7. The fraction of sp³-hybridized carbons (Fsp3) is 0.542. The number of nitrogens with zero attached hydrogens (tertiary/aromatic N) is 4. The molecule has 0 spiro atoms. The number of fused-ring (bicyclic) bond motifs is 1. The SMILES string of the molecule is CCC/C(=N/OCC)c1c2c(nn1C)N(c1c(C)cc(C)cc1C)CCC2.O=C(O)C(F)(F)F. The summed E-state index contributed by atoms with van der Waals surface area (Å²) in [4.78, 5) is 16.7. The molecule has 34 heavy (non-hydrogen) atoms. The normalized spacial score (nSPS) is 13.8. The van der Waals surface area contributed by atoms with Crippen LogP contribution in [0, 0.1) is 20.8 Å². The molecule has 0 unspecified atom stereocenters. The zero-order chi connectivity index (χ0) is 25.6. The molecule has 0 bridgehead atoms. The number of anilines is 2. The van der Waals surface area contributed by atoms with Crippen LogP contribution >= 0.6 is 0 Å². The van der Waals surface area contributed by atoms with Crippen LogP contribution in [-0.4, -0.2) is 45.9 Å². The van der Waals surface area contributed by atoms with Crippen LogP contribution in [0.5, 0.6) is 0 Å². The van der Waals surface area contributed by atoms with Crippen molar-refractivity contribution in [3.63, 3.8) is 0 Å². The molecule has 2 heterocycles. The van der Waals surface area contributed by atoms with Gasteiger partial charge < -0.3 is 14.8 Å². The number of alkyl halides is 3. The number of aromatic nitrogens is 2. The number of hydrogen-bond donors (Lipinski definition) is 1. The number of aliphatic carboxylic acids is 1. The van der Waals surface area contributed by atoms with Gasteiger partial charge in [0.25, 0.3) is 0 Å². The lowest BCUT2D eigenvalue weighted by Gasteiger charge is -2.31. The predicted molar refractivity (Wildman–Crippen MR) is 126 cm³/mol. The lowest BCUT2D eigenvalue weighted by atomic mass is 9.97. The molecule has 3 rings (SSSR count). The number of aryl methyl sites for hydroxylation is 4. The Labute approximate surface area is 198 Å². The Kier molecular flexibility index (Phi) is 9.12. The first kappa shape index (κ1) is 27.2. The van der Waals surface area contributed by atoms with Crippen LogP contribution in [0.15, 0.2) is 17.3 Å². The molecule has 0 aliphatic carbocycles. The van der Waals surface area contributed by atoms with Gasteiger partial charge in [-0.15, -0.1) is 0 Å². The summed E-state index contributed by atoms with van der Waals surface area (Å²) in [6.07, 6.45) is -0.999. The average Bonchev–Trinajstić information content (AvgIpc) is 3.07. The number of carboxylic acids is 1. The third-order valence-corrected chi connectivity index (χ3v) is 5.40. The number of halogens is 3. The second-order valence-electron chi connectivity index (χ2n) is 8.29. The van der Waals surface area contributed by atoms with E-state index < -0.39 is 12.1 Å². The minimum absolute atomic E-state index is 0.584. The van der Waals surface area contributed by atoms with E-state index in [4.69, 9.17) is 19.8 Å².